The van der Waals surface area contributed by atoms with Crippen molar-refractivity contribution in [2.75, 3.05) is 19.8 Å². The summed E-state index contributed by atoms with van der Waals surface area (Å²) in [6.45, 7) is 2.06. The van der Waals surface area contributed by atoms with Crippen molar-refractivity contribution >= 4 is 0 Å². The molecule has 0 spiro atoms. The van der Waals surface area contributed by atoms with Crippen LogP contribution in [0.3, 0.4) is 0 Å². The molecule has 9 heteroatoms. The second-order valence-corrected chi connectivity index (χ2v) is 2.60. The van der Waals surface area contributed by atoms with Crippen molar-refractivity contribution in [1.29, 1.82) is 0 Å². The third-order valence-electron chi connectivity index (χ3n) is 1.27. The first-order valence-electron chi connectivity index (χ1n) is 4.29. The standard InChI is InChI=1S/C6H16N2O7/c1-2-3-13-4-6(15-8(11)12)5-14-7(9)10/h6,9-12H,2-5H2,1H3. The number of nitrogens with zero attached hydrogens (tertiary/aromatic N) is 2. The Hall–Kier alpha value is -0.360. The average molecular weight is 228 g/mol. The fraction of sp³-hybridized carbons (Fsp3) is 1.00. The van der Waals surface area contributed by atoms with Gasteiger partial charge in [0, 0.05) is 6.61 Å². The van der Waals surface area contributed by atoms with E-state index in [2.05, 4.69) is 9.68 Å². The van der Waals surface area contributed by atoms with Gasteiger partial charge in [-0.1, -0.05) is 6.92 Å². The van der Waals surface area contributed by atoms with Gasteiger partial charge in [-0.25, -0.2) is 9.68 Å². The molecule has 1 unspecified atom stereocenters. The van der Waals surface area contributed by atoms with Crippen LogP contribution in [0.5, 0.6) is 0 Å². The van der Waals surface area contributed by atoms with Gasteiger partial charge in [-0.3, -0.25) is 20.8 Å². The van der Waals surface area contributed by atoms with Crippen molar-refractivity contribution in [1.82, 2.24) is 10.8 Å². The number of hydrogen-bond donors (Lipinski definition) is 4. The minimum atomic E-state index is -0.881. The molecule has 15 heavy (non-hydrogen) atoms. The Morgan fingerprint density at radius 1 is 1.07 bits per heavy atom. The smallest absolute Gasteiger partial charge is 0.133 e. The molecule has 0 fully saturated rings. The molecule has 0 saturated carbocycles. The predicted octanol–water partition coefficient (Wildman–Crippen LogP) is -0.194. The zero-order chi connectivity index (χ0) is 11.7. The Balaban J connectivity index is 3.73. The fourth-order valence-electron chi connectivity index (χ4n) is 0.751. The van der Waals surface area contributed by atoms with E-state index in [9.17, 15) is 0 Å². The molecule has 1 atom stereocenters. The third kappa shape index (κ3) is 9.93. The summed E-state index contributed by atoms with van der Waals surface area (Å²) in [5, 5.41) is 32.2. The van der Waals surface area contributed by atoms with E-state index in [0.717, 1.165) is 6.42 Å². The lowest BCUT2D eigenvalue weighted by Gasteiger charge is -2.18. The highest BCUT2D eigenvalue weighted by atomic mass is 17.1. The highest BCUT2D eigenvalue weighted by Gasteiger charge is 2.15. The first kappa shape index (κ1) is 14.6. The first-order chi connectivity index (χ1) is 7.06. The van der Waals surface area contributed by atoms with Crippen LogP contribution in [0.25, 0.3) is 0 Å². The summed E-state index contributed by atoms with van der Waals surface area (Å²) in [7, 11) is 0. The van der Waals surface area contributed by atoms with Crippen LogP contribution in [0.1, 0.15) is 13.3 Å². The molecule has 0 bridgehead atoms. The Bertz CT molecular complexity index is 145. The van der Waals surface area contributed by atoms with Crippen molar-refractivity contribution in [3.8, 4) is 0 Å². The Labute approximate surface area is 86.3 Å². The Kier molecular flexibility index (Phi) is 8.70. The summed E-state index contributed by atoms with van der Waals surface area (Å²) in [4.78, 5) is 8.62. The van der Waals surface area contributed by atoms with Gasteiger partial charge in [0.15, 0.2) is 0 Å². The van der Waals surface area contributed by atoms with Gasteiger partial charge in [-0.05, 0) is 6.42 Å². The molecule has 92 valence electrons. The number of ether oxygens (including phenoxy) is 1. The van der Waals surface area contributed by atoms with E-state index in [4.69, 9.17) is 25.6 Å². The van der Waals surface area contributed by atoms with Crippen LogP contribution in [-0.2, 0) is 14.4 Å². The highest BCUT2D eigenvalue weighted by Crippen LogP contribution is 1.98. The topological polar surface area (TPSA) is 115 Å². The zero-order valence-electron chi connectivity index (χ0n) is 8.31. The van der Waals surface area contributed by atoms with Gasteiger partial charge in [0.1, 0.15) is 12.7 Å². The molecule has 0 heterocycles. The zero-order valence-corrected chi connectivity index (χ0v) is 8.31. The van der Waals surface area contributed by atoms with Gasteiger partial charge in [0.25, 0.3) is 0 Å². The van der Waals surface area contributed by atoms with E-state index in [1.165, 1.54) is 0 Å². The maximum absolute atomic E-state index is 8.36. The monoisotopic (exact) mass is 228 g/mol. The van der Waals surface area contributed by atoms with Crippen LogP contribution in [-0.4, -0.2) is 57.5 Å². The summed E-state index contributed by atoms with van der Waals surface area (Å²) >= 11 is 0. The van der Waals surface area contributed by atoms with E-state index in [1.54, 1.807) is 0 Å². The van der Waals surface area contributed by atoms with Crippen LogP contribution in [0.2, 0.25) is 0 Å². The Morgan fingerprint density at radius 3 is 2.20 bits per heavy atom. The van der Waals surface area contributed by atoms with Crippen molar-refractivity contribution < 1.29 is 35.2 Å². The summed E-state index contributed by atoms with van der Waals surface area (Å²) in [6, 6.07) is 0. The molecule has 0 saturated heterocycles. The molecule has 0 amide bonds. The fourth-order valence-corrected chi connectivity index (χ4v) is 0.751. The van der Waals surface area contributed by atoms with Crippen LogP contribution in [0.4, 0.5) is 0 Å². The predicted molar refractivity (Wildman–Crippen MR) is 42.8 cm³/mol. The minimum Gasteiger partial charge on any atom is -0.379 e. The van der Waals surface area contributed by atoms with Crippen molar-refractivity contribution in [3.05, 3.63) is 0 Å². The SMILES string of the molecule is CCCOCC(CON(O)O)ON(O)O. The molecule has 0 aromatic carbocycles. The van der Waals surface area contributed by atoms with Crippen LogP contribution in [0, 0.1) is 0 Å². The average Bonchev–Trinajstić information content (AvgIpc) is 2.13. The highest BCUT2D eigenvalue weighted by molar-refractivity contribution is 4.51. The van der Waals surface area contributed by atoms with E-state index in [-0.39, 0.29) is 13.2 Å². The third-order valence-corrected chi connectivity index (χ3v) is 1.27. The normalized spacial score (nSPS) is 13.8. The molecule has 0 aliphatic carbocycles. The van der Waals surface area contributed by atoms with Crippen LogP contribution < -0.4 is 0 Å². The molecule has 0 aromatic heterocycles. The van der Waals surface area contributed by atoms with Crippen molar-refractivity contribution in [2.45, 2.75) is 19.4 Å². The maximum atomic E-state index is 8.36. The van der Waals surface area contributed by atoms with Gasteiger partial charge in [-0.15, -0.1) is 0 Å². The van der Waals surface area contributed by atoms with Gasteiger partial charge >= 0.3 is 0 Å². The first-order valence-corrected chi connectivity index (χ1v) is 4.29. The minimum absolute atomic E-state index is 0.0132. The molecule has 4 N–H and O–H groups in total. The largest absolute Gasteiger partial charge is 0.379 e. The summed E-state index contributed by atoms with van der Waals surface area (Å²) in [5.74, 6) is 0. The van der Waals surface area contributed by atoms with Crippen LogP contribution in [0.15, 0.2) is 0 Å². The quantitative estimate of drug-likeness (QED) is 0.314. The molecule has 0 aromatic rings. The maximum Gasteiger partial charge on any atom is 0.133 e. The molecule has 0 aliphatic heterocycles. The van der Waals surface area contributed by atoms with E-state index in [0.29, 0.717) is 6.61 Å². The number of hydrogen-bond acceptors (Lipinski definition) is 9. The van der Waals surface area contributed by atoms with Gasteiger partial charge in [0.2, 0.25) is 0 Å². The molecule has 0 rings (SSSR count). The van der Waals surface area contributed by atoms with E-state index < -0.39 is 16.9 Å². The van der Waals surface area contributed by atoms with Gasteiger partial charge in [0.05, 0.1) is 17.4 Å². The molecule has 0 radical (unpaired) electrons. The Morgan fingerprint density at radius 2 is 1.73 bits per heavy atom. The van der Waals surface area contributed by atoms with Crippen molar-refractivity contribution in [3.63, 3.8) is 0 Å². The molecule has 9 nitrogen and oxygen atoms in total. The molecular weight excluding hydrogens is 212 g/mol. The van der Waals surface area contributed by atoms with E-state index >= 15 is 0 Å². The van der Waals surface area contributed by atoms with Crippen LogP contribution >= 0.6 is 0 Å². The van der Waals surface area contributed by atoms with Gasteiger partial charge in [-0.2, -0.15) is 0 Å². The van der Waals surface area contributed by atoms with Crippen molar-refractivity contribution in [2.24, 2.45) is 0 Å². The lowest BCUT2D eigenvalue weighted by molar-refractivity contribution is -0.528. The molecule has 0 aliphatic rings. The summed E-state index contributed by atoms with van der Waals surface area (Å²) < 4.78 is 5.04. The second kappa shape index (κ2) is 8.91. The van der Waals surface area contributed by atoms with E-state index in [1.807, 2.05) is 6.92 Å². The lowest BCUT2D eigenvalue weighted by Crippen LogP contribution is -2.34. The molecular formula is C6H16N2O7. The second-order valence-electron chi connectivity index (χ2n) is 2.60. The van der Waals surface area contributed by atoms with Gasteiger partial charge < -0.3 is 4.74 Å². The summed E-state index contributed by atoms with van der Waals surface area (Å²) in [5.41, 5.74) is 0. The lowest BCUT2D eigenvalue weighted by atomic mass is 10.4. The summed E-state index contributed by atoms with van der Waals surface area (Å²) in [6.07, 6.45) is -0.0878. The number of rotatable bonds is 9.